The van der Waals surface area contributed by atoms with Crippen molar-refractivity contribution in [2.24, 2.45) is 0 Å². The molecule has 1 N–H and O–H groups in total. The van der Waals surface area contributed by atoms with Crippen molar-refractivity contribution in [3.8, 4) is 11.3 Å². The summed E-state index contributed by atoms with van der Waals surface area (Å²) in [5, 5.41) is 3.39. The second-order valence-corrected chi connectivity index (χ2v) is 5.40. The zero-order valence-electron chi connectivity index (χ0n) is 11.1. The molecule has 0 aliphatic carbocycles. The Labute approximate surface area is 112 Å². The van der Waals surface area contributed by atoms with Gasteiger partial charge in [-0.2, -0.15) is 0 Å². The lowest BCUT2D eigenvalue weighted by Gasteiger charge is -2.36. The van der Waals surface area contributed by atoms with Gasteiger partial charge in [0.2, 0.25) is 0 Å². The van der Waals surface area contributed by atoms with E-state index < -0.39 is 0 Å². The Morgan fingerprint density at radius 2 is 1.89 bits per heavy atom. The minimum atomic E-state index is -0.206. The van der Waals surface area contributed by atoms with E-state index >= 15 is 0 Å². The van der Waals surface area contributed by atoms with Crippen LogP contribution in [0, 0.1) is 5.82 Å². The third-order valence-corrected chi connectivity index (χ3v) is 4.04. The number of rotatable bonds is 2. The number of nitrogens with zero attached hydrogens (tertiary/aromatic N) is 2. The molecular formula is C15H18FN3. The fourth-order valence-electron chi connectivity index (χ4n) is 2.77. The van der Waals surface area contributed by atoms with Gasteiger partial charge in [0.25, 0.3) is 0 Å². The highest BCUT2D eigenvalue weighted by molar-refractivity contribution is 5.59. The zero-order valence-corrected chi connectivity index (χ0v) is 11.1. The molecule has 0 spiro atoms. The molecule has 0 saturated carbocycles. The van der Waals surface area contributed by atoms with E-state index in [2.05, 4.69) is 21.8 Å². The van der Waals surface area contributed by atoms with Crippen LogP contribution in [-0.4, -0.2) is 22.6 Å². The van der Waals surface area contributed by atoms with Gasteiger partial charge in [-0.3, -0.25) is 0 Å². The summed E-state index contributed by atoms with van der Waals surface area (Å²) in [6, 6.07) is 6.62. The van der Waals surface area contributed by atoms with Gasteiger partial charge in [0, 0.05) is 5.54 Å². The van der Waals surface area contributed by atoms with E-state index in [-0.39, 0.29) is 11.4 Å². The van der Waals surface area contributed by atoms with Gasteiger partial charge in [0.05, 0.1) is 18.2 Å². The Balaban J connectivity index is 2.00. The Morgan fingerprint density at radius 3 is 2.58 bits per heavy atom. The summed E-state index contributed by atoms with van der Waals surface area (Å²) in [4.78, 5) is 4.29. The van der Waals surface area contributed by atoms with Crippen LogP contribution in [0.5, 0.6) is 0 Å². The van der Waals surface area contributed by atoms with Crippen molar-refractivity contribution in [3.63, 3.8) is 0 Å². The van der Waals surface area contributed by atoms with E-state index in [0.29, 0.717) is 0 Å². The van der Waals surface area contributed by atoms with E-state index in [1.807, 2.05) is 24.7 Å². The van der Waals surface area contributed by atoms with Crippen molar-refractivity contribution < 1.29 is 4.39 Å². The van der Waals surface area contributed by atoms with E-state index in [4.69, 9.17) is 0 Å². The molecule has 0 unspecified atom stereocenters. The van der Waals surface area contributed by atoms with Crippen molar-refractivity contribution >= 4 is 0 Å². The van der Waals surface area contributed by atoms with Gasteiger partial charge in [-0.1, -0.05) is 0 Å². The van der Waals surface area contributed by atoms with Crippen LogP contribution >= 0.6 is 0 Å². The molecule has 0 amide bonds. The molecule has 1 aromatic carbocycles. The maximum atomic E-state index is 13.0. The minimum Gasteiger partial charge on any atom is -0.325 e. The molecule has 0 atom stereocenters. The Hall–Kier alpha value is -1.68. The summed E-state index contributed by atoms with van der Waals surface area (Å²) in [5.74, 6) is -0.206. The van der Waals surface area contributed by atoms with Crippen LogP contribution in [0.4, 0.5) is 4.39 Å². The summed E-state index contributed by atoms with van der Waals surface area (Å²) in [5.41, 5.74) is 2.16. The van der Waals surface area contributed by atoms with Gasteiger partial charge in [-0.15, -0.1) is 0 Å². The third kappa shape index (κ3) is 2.28. The number of nitrogens with one attached hydrogen (secondary N) is 1. The Kier molecular flexibility index (Phi) is 3.11. The topological polar surface area (TPSA) is 29.9 Å². The van der Waals surface area contributed by atoms with Gasteiger partial charge >= 0.3 is 0 Å². The quantitative estimate of drug-likeness (QED) is 0.898. The van der Waals surface area contributed by atoms with Crippen LogP contribution in [0.25, 0.3) is 11.3 Å². The summed E-state index contributed by atoms with van der Waals surface area (Å²) < 4.78 is 15.3. The van der Waals surface area contributed by atoms with Crippen LogP contribution in [0.15, 0.2) is 36.8 Å². The highest BCUT2D eigenvalue weighted by Crippen LogP contribution is 2.32. The molecule has 4 heteroatoms. The van der Waals surface area contributed by atoms with Crippen LogP contribution in [-0.2, 0) is 5.54 Å². The second-order valence-electron chi connectivity index (χ2n) is 5.40. The van der Waals surface area contributed by atoms with Crippen LogP contribution in [0.1, 0.15) is 19.8 Å². The molecule has 1 aliphatic rings. The average molecular weight is 259 g/mol. The smallest absolute Gasteiger partial charge is 0.123 e. The standard InChI is InChI=1S/C15H18FN3/c1-15(6-8-17-9-7-15)19-11-18-10-14(19)12-2-4-13(16)5-3-12/h2-5,10-11,17H,6-9H2,1H3. The average Bonchev–Trinajstić information content (AvgIpc) is 2.90. The van der Waals surface area contributed by atoms with Crippen molar-refractivity contribution in [3.05, 3.63) is 42.6 Å². The molecule has 1 aromatic heterocycles. The number of benzene rings is 1. The number of hydrogen-bond acceptors (Lipinski definition) is 2. The SMILES string of the molecule is CC1(n2cncc2-c2ccc(F)cc2)CCNCC1. The first-order valence-electron chi connectivity index (χ1n) is 6.69. The van der Waals surface area contributed by atoms with Crippen molar-refractivity contribution in [2.45, 2.75) is 25.3 Å². The van der Waals surface area contributed by atoms with Gasteiger partial charge in [-0.05, 0) is 62.7 Å². The molecule has 100 valence electrons. The van der Waals surface area contributed by atoms with Crippen molar-refractivity contribution in [1.82, 2.24) is 14.9 Å². The first-order chi connectivity index (χ1) is 9.19. The van der Waals surface area contributed by atoms with Crippen LogP contribution in [0.3, 0.4) is 0 Å². The lowest BCUT2D eigenvalue weighted by Crippen LogP contribution is -2.41. The lowest BCUT2D eigenvalue weighted by molar-refractivity contribution is 0.233. The molecule has 19 heavy (non-hydrogen) atoms. The van der Waals surface area contributed by atoms with Gasteiger partial charge < -0.3 is 9.88 Å². The highest BCUT2D eigenvalue weighted by atomic mass is 19.1. The number of hydrogen-bond donors (Lipinski definition) is 1. The Bertz CT molecular complexity index is 553. The normalized spacial score (nSPS) is 18.4. The second kappa shape index (κ2) is 4.78. The number of imidazole rings is 1. The molecule has 3 rings (SSSR count). The fourth-order valence-corrected chi connectivity index (χ4v) is 2.77. The number of halogens is 1. The van der Waals surface area contributed by atoms with E-state index in [9.17, 15) is 4.39 Å². The Morgan fingerprint density at radius 1 is 1.21 bits per heavy atom. The van der Waals surface area contributed by atoms with Gasteiger partial charge in [0.1, 0.15) is 5.82 Å². The van der Waals surface area contributed by atoms with E-state index in [0.717, 1.165) is 37.2 Å². The van der Waals surface area contributed by atoms with Crippen LogP contribution in [0.2, 0.25) is 0 Å². The molecule has 2 aromatic rings. The number of piperidine rings is 1. The molecule has 1 saturated heterocycles. The molecule has 2 heterocycles. The summed E-state index contributed by atoms with van der Waals surface area (Å²) >= 11 is 0. The summed E-state index contributed by atoms with van der Waals surface area (Å²) in [6.45, 7) is 4.32. The number of aromatic nitrogens is 2. The maximum absolute atomic E-state index is 13.0. The largest absolute Gasteiger partial charge is 0.325 e. The zero-order chi connectivity index (χ0) is 13.3. The van der Waals surface area contributed by atoms with E-state index in [1.165, 1.54) is 12.1 Å². The third-order valence-electron chi connectivity index (χ3n) is 4.04. The molecule has 1 fully saturated rings. The molecule has 0 radical (unpaired) electrons. The monoisotopic (exact) mass is 259 g/mol. The maximum Gasteiger partial charge on any atom is 0.123 e. The van der Waals surface area contributed by atoms with Gasteiger partial charge in [-0.25, -0.2) is 9.37 Å². The molecule has 3 nitrogen and oxygen atoms in total. The first kappa shape index (κ1) is 12.4. The molecule has 0 bridgehead atoms. The summed E-state index contributed by atoms with van der Waals surface area (Å²) in [7, 11) is 0. The lowest BCUT2D eigenvalue weighted by atomic mass is 9.89. The first-order valence-corrected chi connectivity index (χ1v) is 6.69. The van der Waals surface area contributed by atoms with Crippen molar-refractivity contribution in [2.75, 3.05) is 13.1 Å². The fraction of sp³-hybridized carbons (Fsp3) is 0.400. The van der Waals surface area contributed by atoms with Crippen LogP contribution < -0.4 is 5.32 Å². The molecular weight excluding hydrogens is 241 g/mol. The van der Waals surface area contributed by atoms with E-state index in [1.54, 1.807) is 0 Å². The van der Waals surface area contributed by atoms with Gasteiger partial charge in [0.15, 0.2) is 0 Å². The van der Waals surface area contributed by atoms with Crippen molar-refractivity contribution in [1.29, 1.82) is 0 Å². The summed E-state index contributed by atoms with van der Waals surface area (Å²) in [6.07, 6.45) is 5.92. The predicted molar refractivity (Wildman–Crippen MR) is 73.4 cm³/mol. The minimum absolute atomic E-state index is 0.0888. The highest BCUT2D eigenvalue weighted by Gasteiger charge is 2.30. The predicted octanol–water partition coefficient (Wildman–Crippen LogP) is 2.79. The molecule has 1 aliphatic heterocycles.